The molecule has 0 aliphatic heterocycles. The van der Waals surface area contributed by atoms with E-state index in [4.69, 9.17) is 0 Å². The van der Waals surface area contributed by atoms with Crippen molar-refractivity contribution in [2.45, 2.75) is 13.8 Å². The van der Waals surface area contributed by atoms with Gasteiger partial charge in [-0.1, -0.05) is 22.4 Å². The van der Waals surface area contributed by atoms with E-state index in [1.807, 2.05) is 32.0 Å². The Morgan fingerprint density at radius 1 is 1.04 bits per heavy atom. The molecule has 0 aliphatic rings. The molecule has 0 fully saturated rings. The van der Waals surface area contributed by atoms with E-state index in [-0.39, 0.29) is 18.4 Å². The molecule has 0 aliphatic carbocycles. The molecule has 3 rings (SSSR count). The van der Waals surface area contributed by atoms with E-state index >= 15 is 0 Å². The van der Waals surface area contributed by atoms with Crippen molar-refractivity contribution in [3.8, 4) is 5.69 Å². The van der Waals surface area contributed by atoms with E-state index in [0.29, 0.717) is 11.3 Å². The van der Waals surface area contributed by atoms with Gasteiger partial charge in [0.25, 0.3) is 5.91 Å². The topological polar surface area (TPSA) is 88.9 Å². The Bertz CT molecular complexity index is 897. The summed E-state index contributed by atoms with van der Waals surface area (Å²) in [5.41, 5.74) is 4.04. The molecule has 7 heteroatoms. The van der Waals surface area contributed by atoms with E-state index in [0.717, 1.165) is 16.8 Å². The summed E-state index contributed by atoms with van der Waals surface area (Å²) in [5, 5.41) is 13.0. The molecule has 1 heterocycles. The minimum atomic E-state index is -0.295. The third-order valence-electron chi connectivity index (χ3n) is 3.73. The van der Waals surface area contributed by atoms with Gasteiger partial charge in [0.2, 0.25) is 5.91 Å². The van der Waals surface area contributed by atoms with E-state index < -0.39 is 0 Å². The molecule has 0 unspecified atom stereocenters. The number of hydrogen-bond acceptors (Lipinski definition) is 4. The number of benzene rings is 2. The third kappa shape index (κ3) is 4.32. The second-order valence-electron chi connectivity index (χ2n) is 6.00. The van der Waals surface area contributed by atoms with Crippen LogP contribution in [-0.4, -0.2) is 33.4 Å². The van der Waals surface area contributed by atoms with Crippen LogP contribution in [-0.2, 0) is 4.79 Å². The Labute approximate surface area is 151 Å². The molecule has 0 saturated carbocycles. The second kappa shape index (κ2) is 7.60. The van der Waals surface area contributed by atoms with Crippen molar-refractivity contribution < 1.29 is 9.59 Å². The van der Waals surface area contributed by atoms with Crippen molar-refractivity contribution in [2.24, 2.45) is 0 Å². The first kappa shape index (κ1) is 17.3. The van der Waals surface area contributed by atoms with Crippen LogP contribution in [0.15, 0.2) is 54.9 Å². The molecular weight excluding hydrogens is 330 g/mol. The molecule has 2 amide bonds. The van der Waals surface area contributed by atoms with Crippen LogP contribution in [0.2, 0.25) is 0 Å². The molecule has 7 nitrogen and oxygen atoms in total. The predicted octanol–water partition coefficient (Wildman–Crippen LogP) is 2.25. The molecule has 1 aromatic heterocycles. The van der Waals surface area contributed by atoms with Gasteiger partial charge in [-0.05, 0) is 50.2 Å². The fraction of sp³-hybridized carbons (Fsp3) is 0.158. The zero-order chi connectivity index (χ0) is 18.5. The van der Waals surface area contributed by atoms with Crippen molar-refractivity contribution >= 4 is 17.5 Å². The van der Waals surface area contributed by atoms with Gasteiger partial charge in [0.1, 0.15) is 0 Å². The first-order valence-corrected chi connectivity index (χ1v) is 8.14. The summed E-state index contributed by atoms with van der Waals surface area (Å²) in [6.07, 6.45) is 3.32. The lowest BCUT2D eigenvalue weighted by molar-refractivity contribution is -0.115. The largest absolute Gasteiger partial charge is 0.343 e. The number of carbonyl (C=O) groups excluding carboxylic acids is 2. The summed E-state index contributed by atoms with van der Waals surface area (Å²) >= 11 is 0. The smallest absolute Gasteiger partial charge is 0.251 e. The molecular formula is C19H19N5O2. The fourth-order valence-corrected chi connectivity index (χ4v) is 2.62. The van der Waals surface area contributed by atoms with Crippen LogP contribution in [0.4, 0.5) is 5.69 Å². The molecule has 26 heavy (non-hydrogen) atoms. The highest BCUT2D eigenvalue weighted by atomic mass is 16.2. The normalized spacial score (nSPS) is 10.4. The average Bonchev–Trinajstić information content (AvgIpc) is 3.14. The number of anilines is 1. The first-order chi connectivity index (χ1) is 12.5. The van der Waals surface area contributed by atoms with Gasteiger partial charge in [-0.15, -0.1) is 5.10 Å². The van der Waals surface area contributed by atoms with Crippen molar-refractivity contribution in [1.29, 1.82) is 0 Å². The lowest BCUT2D eigenvalue weighted by atomic mass is 10.1. The number of nitrogens with one attached hydrogen (secondary N) is 2. The van der Waals surface area contributed by atoms with Crippen LogP contribution in [0.3, 0.4) is 0 Å². The molecule has 0 saturated heterocycles. The van der Waals surface area contributed by atoms with Gasteiger partial charge in [0.15, 0.2) is 0 Å². The van der Waals surface area contributed by atoms with Gasteiger partial charge in [0, 0.05) is 11.3 Å². The van der Waals surface area contributed by atoms with Gasteiger partial charge < -0.3 is 10.6 Å². The summed E-state index contributed by atoms with van der Waals surface area (Å²) in [4.78, 5) is 24.2. The van der Waals surface area contributed by atoms with Crippen LogP contribution < -0.4 is 10.6 Å². The fourth-order valence-electron chi connectivity index (χ4n) is 2.62. The van der Waals surface area contributed by atoms with Crippen molar-refractivity contribution in [3.63, 3.8) is 0 Å². The SMILES string of the molecule is Cc1cc(C)cc(C(=O)NCC(=O)Nc2ccc(-n3ccnn3)cc2)c1. The number of rotatable bonds is 5. The van der Waals surface area contributed by atoms with Gasteiger partial charge >= 0.3 is 0 Å². The summed E-state index contributed by atoms with van der Waals surface area (Å²) < 4.78 is 1.62. The van der Waals surface area contributed by atoms with E-state index in [1.54, 1.807) is 41.3 Å². The van der Waals surface area contributed by atoms with Crippen molar-refractivity contribution in [2.75, 3.05) is 11.9 Å². The zero-order valence-corrected chi connectivity index (χ0v) is 14.6. The number of hydrogen-bond donors (Lipinski definition) is 2. The van der Waals surface area contributed by atoms with Gasteiger partial charge in [-0.25, -0.2) is 4.68 Å². The average molecular weight is 349 g/mol. The minimum Gasteiger partial charge on any atom is -0.343 e. The first-order valence-electron chi connectivity index (χ1n) is 8.14. The summed E-state index contributed by atoms with van der Waals surface area (Å²) in [7, 11) is 0. The van der Waals surface area contributed by atoms with Crippen molar-refractivity contribution in [1.82, 2.24) is 20.3 Å². The highest BCUT2D eigenvalue weighted by molar-refractivity contribution is 5.99. The Balaban J connectivity index is 1.54. The van der Waals surface area contributed by atoms with Gasteiger partial charge in [0.05, 0.1) is 24.6 Å². The Morgan fingerprint density at radius 3 is 2.35 bits per heavy atom. The van der Waals surface area contributed by atoms with Gasteiger partial charge in [-0.3, -0.25) is 9.59 Å². The van der Waals surface area contributed by atoms with Gasteiger partial charge in [-0.2, -0.15) is 0 Å². The second-order valence-corrected chi connectivity index (χ2v) is 6.00. The highest BCUT2D eigenvalue weighted by Gasteiger charge is 2.09. The van der Waals surface area contributed by atoms with Crippen LogP contribution in [0, 0.1) is 13.8 Å². The number of aryl methyl sites for hydroxylation is 2. The predicted molar refractivity (Wildman–Crippen MR) is 98.2 cm³/mol. The number of nitrogens with zero attached hydrogens (tertiary/aromatic N) is 3. The molecule has 2 aromatic carbocycles. The molecule has 0 atom stereocenters. The Hall–Kier alpha value is -3.48. The molecule has 132 valence electrons. The Morgan fingerprint density at radius 2 is 1.73 bits per heavy atom. The summed E-state index contributed by atoms with van der Waals surface area (Å²) in [6, 6.07) is 12.7. The van der Waals surface area contributed by atoms with Crippen LogP contribution >= 0.6 is 0 Å². The molecule has 0 radical (unpaired) electrons. The van der Waals surface area contributed by atoms with E-state index in [2.05, 4.69) is 20.9 Å². The summed E-state index contributed by atoms with van der Waals surface area (Å²) in [5.74, 6) is -0.565. The standard InChI is InChI=1S/C19H19N5O2/c1-13-9-14(2)11-15(10-13)19(26)20-12-18(25)22-16-3-5-17(6-4-16)24-8-7-21-23-24/h3-11H,12H2,1-2H3,(H,20,26)(H,22,25). The van der Waals surface area contributed by atoms with Crippen LogP contribution in [0.1, 0.15) is 21.5 Å². The molecule has 2 N–H and O–H groups in total. The maximum atomic E-state index is 12.2. The number of carbonyl (C=O) groups is 2. The Kier molecular flexibility index (Phi) is 5.07. The maximum absolute atomic E-state index is 12.2. The minimum absolute atomic E-state index is 0.101. The third-order valence-corrected chi connectivity index (χ3v) is 3.73. The molecule has 3 aromatic rings. The van der Waals surface area contributed by atoms with E-state index in [9.17, 15) is 9.59 Å². The summed E-state index contributed by atoms with van der Waals surface area (Å²) in [6.45, 7) is 3.76. The quantitative estimate of drug-likeness (QED) is 0.739. The molecule has 0 spiro atoms. The maximum Gasteiger partial charge on any atom is 0.251 e. The zero-order valence-electron chi connectivity index (χ0n) is 14.6. The monoisotopic (exact) mass is 349 g/mol. The van der Waals surface area contributed by atoms with E-state index in [1.165, 1.54) is 0 Å². The lowest BCUT2D eigenvalue weighted by Crippen LogP contribution is -2.32. The number of amides is 2. The van der Waals surface area contributed by atoms with Crippen LogP contribution in [0.25, 0.3) is 5.69 Å². The molecule has 0 bridgehead atoms. The van der Waals surface area contributed by atoms with Crippen molar-refractivity contribution in [3.05, 3.63) is 71.5 Å². The lowest BCUT2D eigenvalue weighted by Gasteiger charge is -2.09. The highest BCUT2D eigenvalue weighted by Crippen LogP contribution is 2.12. The number of aromatic nitrogens is 3. The van der Waals surface area contributed by atoms with Crippen LogP contribution in [0.5, 0.6) is 0 Å².